The molecule has 1 aliphatic carbocycles. The van der Waals surface area contributed by atoms with Crippen molar-refractivity contribution in [1.82, 2.24) is 19.4 Å². The fourth-order valence-corrected chi connectivity index (χ4v) is 6.02. The van der Waals surface area contributed by atoms with Gasteiger partial charge in [-0.05, 0) is 55.5 Å². The fraction of sp³-hybridized carbons (Fsp3) is 0.440. The third-order valence-corrected chi connectivity index (χ3v) is 8.86. The lowest BCUT2D eigenvalue weighted by molar-refractivity contribution is 0.0714. The topological polar surface area (TPSA) is 50.6 Å². The van der Waals surface area contributed by atoms with E-state index >= 15 is 0 Å². The van der Waals surface area contributed by atoms with Gasteiger partial charge in [-0.25, -0.2) is 4.98 Å². The van der Waals surface area contributed by atoms with Crippen LogP contribution in [0, 0.1) is 0 Å². The number of benzene rings is 2. The van der Waals surface area contributed by atoms with Gasteiger partial charge in [0.2, 0.25) is 0 Å². The second kappa shape index (κ2) is 8.67. The molecule has 3 aromatic rings. The number of fused-ring (bicyclic) bond motifs is 1. The van der Waals surface area contributed by atoms with Crippen molar-refractivity contribution in [3.8, 4) is 5.75 Å². The van der Waals surface area contributed by atoms with Gasteiger partial charge in [0.1, 0.15) is 5.75 Å². The van der Waals surface area contributed by atoms with Crippen LogP contribution in [0.15, 0.2) is 48.8 Å². The summed E-state index contributed by atoms with van der Waals surface area (Å²) in [7, 11) is 3.62. The lowest BCUT2D eigenvalue weighted by Crippen LogP contribution is -2.49. The smallest absolute Gasteiger partial charge is 0.253 e. The third-order valence-electron chi connectivity index (χ3n) is 7.10. The zero-order chi connectivity index (χ0) is 22.3. The lowest BCUT2D eigenvalue weighted by atomic mass is 9.92. The van der Waals surface area contributed by atoms with Gasteiger partial charge in [-0.3, -0.25) is 9.69 Å². The van der Waals surface area contributed by atoms with Crippen LogP contribution in [0.3, 0.4) is 0 Å². The summed E-state index contributed by atoms with van der Waals surface area (Å²) < 4.78 is 7.73. The molecule has 1 saturated carbocycles. The summed E-state index contributed by atoms with van der Waals surface area (Å²) in [6, 6.07) is 14.2. The molecule has 1 aliphatic heterocycles. The molecule has 7 heteroatoms. The lowest BCUT2D eigenvalue weighted by Gasteiger charge is -2.44. The minimum Gasteiger partial charge on any atom is -0.497 e. The molecule has 2 heterocycles. The SMILES string of the molecule is COc1ccc2c(c1)ncn2Cc1ccc(C(=O)N(C)C2CCN(C3(I)CCC3)C2)cc1. The van der Waals surface area contributed by atoms with Crippen molar-refractivity contribution in [3.05, 3.63) is 59.9 Å². The summed E-state index contributed by atoms with van der Waals surface area (Å²) in [5.74, 6) is 0.918. The van der Waals surface area contributed by atoms with E-state index in [-0.39, 0.29) is 5.91 Å². The molecule has 0 N–H and O–H groups in total. The van der Waals surface area contributed by atoms with Gasteiger partial charge in [-0.2, -0.15) is 0 Å². The summed E-state index contributed by atoms with van der Waals surface area (Å²) >= 11 is 2.62. The molecule has 0 radical (unpaired) electrons. The van der Waals surface area contributed by atoms with E-state index in [9.17, 15) is 4.79 Å². The number of likely N-dealkylation sites (N-methyl/N-ethyl adjacent to an activating group) is 1. The zero-order valence-electron chi connectivity index (χ0n) is 18.6. The van der Waals surface area contributed by atoms with Crippen LogP contribution in [0.4, 0.5) is 0 Å². The number of halogens is 1. The Hall–Kier alpha value is -2.13. The summed E-state index contributed by atoms with van der Waals surface area (Å²) in [6.45, 7) is 2.79. The van der Waals surface area contributed by atoms with E-state index in [1.54, 1.807) is 7.11 Å². The number of aromatic nitrogens is 2. The van der Waals surface area contributed by atoms with Crippen LogP contribution in [-0.2, 0) is 6.54 Å². The van der Waals surface area contributed by atoms with Gasteiger partial charge in [0.25, 0.3) is 5.91 Å². The van der Waals surface area contributed by atoms with Crippen molar-refractivity contribution >= 4 is 39.5 Å². The molecule has 1 unspecified atom stereocenters. The molecule has 0 bridgehead atoms. The Morgan fingerprint density at radius 3 is 2.72 bits per heavy atom. The minimum absolute atomic E-state index is 0.111. The number of amides is 1. The highest BCUT2D eigenvalue weighted by Crippen LogP contribution is 2.45. The summed E-state index contributed by atoms with van der Waals surface area (Å²) in [5.41, 5.74) is 3.88. The monoisotopic (exact) mass is 544 g/mol. The van der Waals surface area contributed by atoms with Gasteiger partial charge >= 0.3 is 0 Å². The number of rotatable bonds is 6. The number of hydrogen-bond donors (Lipinski definition) is 0. The summed E-state index contributed by atoms with van der Waals surface area (Å²) in [5, 5.41) is 0. The highest BCUT2D eigenvalue weighted by molar-refractivity contribution is 14.1. The zero-order valence-corrected chi connectivity index (χ0v) is 20.8. The Kier molecular flexibility index (Phi) is 5.88. The Bertz CT molecular complexity index is 1120. The van der Waals surface area contributed by atoms with Gasteiger partial charge in [-0.15, -0.1) is 0 Å². The first-order chi connectivity index (χ1) is 15.5. The Balaban J connectivity index is 1.24. The largest absolute Gasteiger partial charge is 0.497 e. The van der Waals surface area contributed by atoms with Crippen LogP contribution in [0.5, 0.6) is 5.75 Å². The molecule has 6 nitrogen and oxygen atoms in total. The average Bonchev–Trinajstić information content (AvgIpc) is 3.44. The van der Waals surface area contributed by atoms with E-state index in [0.717, 1.165) is 47.4 Å². The molecule has 2 aromatic carbocycles. The van der Waals surface area contributed by atoms with Gasteiger partial charge in [0.15, 0.2) is 0 Å². The van der Waals surface area contributed by atoms with Crippen LogP contribution in [-0.4, -0.2) is 62.1 Å². The Morgan fingerprint density at radius 1 is 1.25 bits per heavy atom. The van der Waals surface area contributed by atoms with Gasteiger partial charge in [-0.1, -0.05) is 34.7 Å². The van der Waals surface area contributed by atoms with Gasteiger partial charge in [0, 0.05) is 44.4 Å². The second-order valence-corrected chi connectivity index (χ2v) is 11.0. The predicted octanol–water partition coefficient (Wildman–Crippen LogP) is 4.55. The number of imidazole rings is 1. The van der Waals surface area contributed by atoms with Crippen molar-refractivity contribution < 1.29 is 9.53 Å². The maximum Gasteiger partial charge on any atom is 0.253 e. The number of carbonyl (C=O) groups excluding carboxylic acids is 1. The first-order valence-electron chi connectivity index (χ1n) is 11.3. The normalized spacial score (nSPS) is 20.3. The Morgan fingerprint density at radius 2 is 2.03 bits per heavy atom. The van der Waals surface area contributed by atoms with Gasteiger partial charge < -0.3 is 14.2 Å². The van der Waals surface area contributed by atoms with E-state index in [2.05, 4.69) is 37.0 Å². The molecule has 1 atom stereocenters. The molecule has 2 fully saturated rings. The third kappa shape index (κ3) is 4.01. The number of carbonyl (C=O) groups is 1. The van der Waals surface area contributed by atoms with Crippen molar-refractivity contribution in [2.24, 2.45) is 0 Å². The molecule has 1 aromatic heterocycles. The average molecular weight is 544 g/mol. The molecular weight excluding hydrogens is 515 g/mol. The maximum atomic E-state index is 13.1. The van der Waals surface area contributed by atoms with E-state index in [0.29, 0.717) is 16.1 Å². The number of likely N-dealkylation sites (tertiary alicyclic amines) is 1. The first-order valence-corrected chi connectivity index (χ1v) is 12.3. The minimum atomic E-state index is 0.111. The molecule has 0 spiro atoms. The van der Waals surface area contributed by atoms with Crippen LogP contribution in [0.1, 0.15) is 41.6 Å². The summed E-state index contributed by atoms with van der Waals surface area (Å²) in [6.07, 6.45) is 6.79. The highest BCUT2D eigenvalue weighted by atomic mass is 127. The standard InChI is InChI=1S/C25H29IN4O2/c1-28(20-10-13-30(16-20)25(26)11-3-12-25)24(31)19-6-4-18(5-7-19)15-29-17-27-22-14-21(32-2)8-9-23(22)29/h4-9,14,17,20H,3,10-13,15-16H2,1-2H3. The highest BCUT2D eigenvalue weighted by Gasteiger charge is 2.44. The van der Waals surface area contributed by atoms with E-state index in [4.69, 9.17) is 4.74 Å². The quantitative estimate of drug-likeness (QED) is 0.260. The molecule has 5 rings (SSSR count). The maximum absolute atomic E-state index is 13.1. The molecule has 1 amide bonds. The number of nitrogens with zero attached hydrogens (tertiary/aromatic N) is 4. The Labute approximate surface area is 202 Å². The summed E-state index contributed by atoms with van der Waals surface area (Å²) in [4.78, 5) is 22.1. The predicted molar refractivity (Wildman–Crippen MR) is 135 cm³/mol. The van der Waals surface area contributed by atoms with Crippen LogP contribution in [0.25, 0.3) is 11.0 Å². The first kappa shape index (κ1) is 21.7. The van der Waals surface area contributed by atoms with E-state index in [1.165, 1.54) is 19.3 Å². The van der Waals surface area contributed by atoms with Crippen LogP contribution in [0.2, 0.25) is 0 Å². The van der Waals surface area contributed by atoms with Crippen molar-refractivity contribution in [1.29, 1.82) is 0 Å². The van der Waals surface area contributed by atoms with Crippen molar-refractivity contribution in [2.45, 2.75) is 41.8 Å². The number of methoxy groups -OCH3 is 1. The number of alkyl halides is 1. The molecule has 2 aliphatic rings. The molecule has 168 valence electrons. The fourth-order valence-electron chi connectivity index (χ4n) is 4.82. The van der Waals surface area contributed by atoms with Crippen LogP contribution < -0.4 is 4.74 Å². The van der Waals surface area contributed by atoms with Gasteiger partial charge in [0.05, 0.1) is 28.0 Å². The second-order valence-electron chi connectivity index (χ2n) is 9.00. The molecule has 32 heavy (non-hydrogen) atoms. The van der Waals surface area contributed by atoms with Crippen molar-refractivity contribution in [3.63, 3.8) is 0 Å². The van der Waals surface area contributed by atoms with E-state index in [1.807, 2.05) is 60.7 Å². The van der Waals surface area contributed by atoms with Crippen LogP contribution >= 0.6 is 22.6 Å². The molecular formula is C25H29IN4O2. The van der Waals surface area contributed by atoms with E-state index < -0.39 is 0 Å². The van der Waals surface area contributed by atoms with Crippen molar-refractivity contribution in [2.75, 3.05) is 27.2 Å². The molecule has 1 saturated heterocycles. The number of ether oxygens (including phenoxy) is 1. The number of hydrogen-bond acceptors (Lipinski definition) is 4.